The molecule has 3 aromatic carbocycles. The van der Waals surface area contributed by atoms with Crippen LogP contribution in [0.3, 0.4) is 0 Å². The highest BCUT2D eigenvalue weighted by Gasteiger charge is 2.58. The molecule has 1 fully saturated rings. The van der Waals surface area contributed by atoms with Gasteiger partial charge in [-0.25, -0.2) is 0 Å². The SMILES string of the molecule is c1ccc2c(c1)-c1ccccc1C21c2ccccc2C2CCCC21. The van der Waals surface area contributed by atoms with E-state index in [4.69, 9.17) is 0 Å². The van der Waals surface area contributed by atoms with Crippen molar-refractivity contribution >= 4 is 0 Å². The Kier molecular flexibility index (Phi) is 2.38. The van der Waals surface area contributed by atoms with Crippen LogP contribution in [0.25, 0.3) is 11.1 Å². The lowest BCUT2D eigenvalue weighted by molar-refractivity contribution is 0.393. The second-order valence-corrected chi connectivity index (χ2v) is 7.63. The molecule has 0 radical (unpaired) electrons. The van der Waals surface area contributed by atoms with E-state index < -0.39 is 0 Å². The van der Waals surface area contributed by atoms with Crippen molar-refractivity contribution in [3.8, 4) is 11.1 Å². The number of hydrogen-bond acceptors (Lipinski definition) is 0. The van der Waals surface area contributed by atoms with Crippen molar-refractivity contribution in [1.82, 2.24) is 0 Å². The van der Waals surface area contributed by atoms with Crippen LogP contribution in [0.1, 0.15) is 47.4 Å². The molecule has 0 nitrogen and oxygen atoms in total. The van der Waals surface area contributed by atoms with Gasteiger partial charge in [-0.3, -0.25) is 0 Å². The number of benzene rings is 3. The maximum atomic E-state index is 2.41. The average Bonchev–Trinajstić information content (AvgIpc) is 3.30. The predicted molar refractivity (Wildman–Crippen MR) is 98.3 cm³/mol. The van der Waals surface area contributed by atoms with Gasteiger partial charge in [0.05, 0.1) is 0 Å². The maximum absolute atomic E-state index is 2.41. The molecule has 3 aromatic rings. The van der Waals surface area contributed by atoms with Gasteiger partial charge in [-0.15, -0.1) is 0 Å². The van der Waals surface area contributed by atoms with Crippen molar-refractivity contribution in [3.05, 3.63) is 95.1 Å². The summed E-state index contributed by atoms with van der Waals surface area (Å²) in [7, 11) is 0. The third-order valence-electron chi connectivity index (χ3n) is 6.85. The molecular weight excluding hydrogens is 288 g/mol. The summed E-state index contributed by atoms with van der Waals surface area (Å²) in [5.41, 5.74) is 9.29. The lowest BCUT2D eigenvalue weighted by atomic mass is 9.66. The van der Waals surface area contributed by atoms with E-state index >= 15 is 0 Å². The molecule has 3 aliphatic carbocycles. The Bertz CT molecular complexity index is 920. The van der Waals surface area contributed by atoms with E-state index in [0.717, 1.165) is 11.8 Å². The number of hydrogen-bond donors (Lipinski definition) is 0. The van der Waals surface area contributed by atoms with Crippen molar-refractivity contribution in [1.29, 1.82) is 0 Å². The topological polar surface area (TPSA) is 0 Å². The molecule has 0 heteroatoms. The van der Waals surface area contributed by atoms with Crippen LogP contribution in [-0.2, 0) is 5.41 Å². The zero-order chi connectivity index (χ0) is 15.7. The summed E-state index contributed by atoms with van der Waals surface area (Å²) in [6.45, 7) is 0. The fourth-order valence-electron chi connectivity index (χ4n) is 6.19. The Morgan fingerprint density at radius 1 is 0.625 bits per heavy atom. The first kappa shape index (κ1) is 13.0. The highest BCUT2D eigenvalue weighted by atomic mass is 14.6. The molecule has 0 aliphatic heterocycles. The van der Waals surface area contributed by atoms with Crippen molar-refractivity contribution in [3.63, 3.8) is 0 Å². The van der Waals surface area contributed by atoms with Gasteiger partial charge in [-0.05, 0) is 58.1 Å². The normalized spacial score (nSPS) is 24.5. The highest BCUT2D eigenvalue weighted by Crippen LogP contribution is 2.67. The summed E-state index contributed by atoms with van der Waals surface area (Å²) < 4.78 is 0. The first-order chi connectivity index (χ1) is 11.9. The first-order valence-electron chi connectivity index (χ1n) is 9.21. The van der Waals surface area contributed by atoms with Gasteiger partial charge in [0, 0.05) is 5.41 Å². The second kappa shape index (κ2) is 4.39. The Balaban J connectivity index is 1.80. The molecule has 0 saturated heterocycles. The molecule has 0 amide bonds. The highest BCUT2D eigenvalue weighted by molar-refractivity contribution is 5.85. The summed E-state index contributed by atoms with van der Waals surface area (Å²) in [6.07, 6.45) is 4.07. The van der Waals surface area contributed by atoms with E-state index in [1.807, 2.05) is 0 Å². The zero-order valence-electron chi connectivity index (χ0n) is 13.7. The Morgan fingerprint density at radius 2 is 1.21 bits per heavy atom. The molecule has 116 valence electrons. The van der Waals surface area contributed by atoms with Crippen LogP contribution >= 0.6 is 0 Å². The van der Waals surface area contributed by atoms with E-state index in [2.05, 4.69) is 72.8 Å². The van der Waals surface area contributed by atoms with Gasteiger partial charge in [-0.1, -0.05) is 79.2 Å². The molecule has 0 bridgehead atoms. The van der Waals surface area contributed by atoms with E-state index in [-0.39, 0.29) is 5.41 Å². The third kappa shape index (κ3) is 1.30. The molecule has 0 aromatic heterocycles. The van der Waals surface area contributed by atoms with E-state index in [1.54, 1.807) is 22.3 Å². The molecular formula is C24H20. The van der Waals surface area contributed by atoms with Crippen LogP contribution in [0.15, 0.2) is 72.8 Å². The summed E-state index contributed by atoms with van der Waals surface area (Å²) in [6, 6.07) is 27.6. The quantitative estimate of drug-likeness (QED) is 0.485. The van der Waals surface area contributed by atoms with E-state index in [9.17, 15) is 0 Å². The van der Waals surface area contributed by atoms with Crippen molar-refractivity contribution in [2.24, 2.45) is 5.92 Å². The minimum Gasteiger partial charge on any atom is -0.0620 e. The largest absolute Gasteiger partial charge is 0.0620 e. The number of rotatable bonds is 0. The van der Waals surface area contributed by atoms with E-state index in [0.29, 0.717) is 0 Å². The minimum atomic E-state index is 0.0882. The van der Waals surface area contributed by atoms with Crippen LogP contribution < -0.4 is 0 Å². The monoisotopic (exact) mass is 308 g/mol. The minimum absolute atomic E-state index is 0.0882. The van der Waals surface area contributed by atoms with Gasteiger partial charge >= 0.3 is 0 Å². The van der Waals surface area contributed by atoms with Gasteiger partial charge in [-0.2, -0.15) is 0 Å². The molecule has 1 saturated carbocycles. The van der Waals surface area contributed by atoms with E-state index in [1.165, 1.54) is 30.4 Å². The smallest absolute Gasteiger partial charge is 0.0500 e. The lowest BCUT2D eigenvalue weighted by Crippen LogP contribution is -2.32. The Hall–Kier alpha value is -2.34. The zero-order valence-corrected chi connectivity index (χ0v) is 13.7. The van der Waals surface area contributed by atoms with Crippen LogP contribution in [0.5, 0.6) is 0 Å². The fourth-order valence-corrected chi connectivity index (χ4v) is 6.19. The second-order valence-electron chi connectivity index (χ2n) is 7.63. The molecule has 6 rings (SSSR count). The fraction of sp³-hybridized carbons (Fsp3) is 0.250. The summed E-state index contributed by atoms with van der Waals surface area (Å²) >= 11 is 0. The lowest BCUT2D eigenvalue weighted by Gasteiger charge is -2.35. The van der Waals surface area contributed by atoms with Crippen LogP contribution in [-0.4, -0.2) is 0 Å². The van der Waals surface area contributed by atoms with Crippen LogP contribution in [0.4, 0.5) is 0 Å². The summed E-state index contributed by atoms with van der Waals surface area (Å²) in [4.78, 5) is 0. The van der Waals surface area contributed by atoms with Gasteiger partial charge < -0.3 is 0 Å². The van der Waals surface area contributed by atoms with Crippen molar-refractivity contribution in [2.75, 3.05) is 0 Å². The molecule has 2 atom stereocenters. The van der Waals surface area contributed by atoms with Crippen molar-refractivity contribution < 1.29 is 0 Å². The molecule has 24 heavy (non-hydrogen) atoms. The number of fused-ring (bicyclic) bond motifs is 10. The summed E-state index contributed by atoms with van der Waals surface area (Å²) in [5, 5.41) is 0. The average molecular weight is 308 g/mol. The molecule has 0 heterocycles. The molecule has 1 spiro atoms. The van der Waals surface area contributed by atoms with Crippen LogP contribution in [0.2, 0.25) is 0 Å². The van der Waals surface area contributed by atoms with Gasteiger partial charge in [0.2, 0.25) is 0 Å². The summed E-state index contributed by atoms with van der Waals surface area (Å²) in [5.74, 6) is 1.46. The Labute approximate surface area is 143 Å². The first-order valence-corrected chi connectivity index (χ1v) is 9.21. The Morgan fingerprint density at radius 3 is 1.92 bits per heavy atom. The maximum Gasteiger partial charge on any atom is 0.0500 e. The standard InChI is InChI=1S/C24H20/c1-4-12-20-16(8-1)17-9-2-5-13-21(17)24(20)22-14-6-3-10-18(22)19-11-7-15-23(19)24/h1-6,8-10,12-14,19,23H,7,11,15H2. The molecule has 2 unspecified atom stereocenters. The van der Waals surface area contributed by atoms with Crippen LogP contribution in [0, 0.1) is 5.92 Å². The molecule has 0 N–H and O–H groups in total. The third-order valence-corrected chi connectivity index (χ3v) is 6.85. The van der Waals surface area contributed by atoms with Crippen molar-refractivity contribution in [2.45, 2.75) is 30.6 Å². The predicted octanol–water partition coefficient (Wildman–Crippen LogP) is 5.90. The van der Waals surface area contributed by atoms with Gasteiger partial charge in [0.1, 0.15) is 0 Å². The van der Waals surface area contributed by atoms with Gasteiger partial charge in [0.15, 0.2) is 0 Å². The van der Waals surface area contributed by atoms with Gasteiger partial charge in [0.25, 0.3) is 0 Å². The molecule has 3 aliphatic rings.